The Morgan fingerprint density at radius 2 is 0.604 bits per heavy atom. The zero-order valence-corrected chi connectivity index (χ0v) is 60.7. The molecular formula is C81H148NO8P. The van der Waals surface area contributed by atoms with Crippen LogP contribution in [-0.2, 0) is 32.7 Å². The van der Waals surface area contributed by atoms with Crippen LogP contribution in [0.2, 0.25) is 0 Å². The molecule has 0 amide bonds. The number of carbonyl (C=O) groups is 2. The fourth-order valence-corrected chi connectivity index (χ4v) is 12.3. The maximum Gasteiger partial charge on any atom is 0.472 e. The van der Waals surface area contributed by atoms with Crippen LogP contribution < -0.4 is 5.73 Å². The standard InChI is InChI=1S/C81H148NO8P/c1-3-5-7-9-11-13-15-17-19-21-23-25-27-29-31-33-35-37-38-39-40-42-43-45-47-49-51-53-55-57-59-61-63-65-67-69-71-73-80(83)87-77-79(78-89-91(85,86)88-76-75-82)90-81(84)74-72-70-68-66-64-62-60-58-56-54-52-50-48-46-44-41-36-34-32-30-28-26-24-22-20-18-16-14-12-10-8-6-4-2/h6,8,12,14-15,17-18,20-21,23-24,26-27,29,79H,3-5,7,9-11,13,16,19,22,25,28,30-78,82H2,1-2H3,(H,85,86)/b8-6-,14-12-,17-15-,20-18-,23-21-,26-24-,29-27-. The molecule has 0 spiro atoms. The minimum atomic E-state index is -4.40. The molecule has 91 heavy (non-hydrogen) atoms. The molecule has 0 saturated carbocycles. The van der Waals surface area contributed by atoms with E-state index in [2.05, 4.69) is 98.9 Å². The largest absolute Gasteiger partial charge is 0.472 e. The van der Waals surface area contributed by atoms with E-state index in [0.717, 1.165) is 70.6 Å². The van der Waals surface area contributed by atoms with Crippen molar-refractivity contribution in [3.8, 4) is 0 Å². The fraction of sp³-hybridized carbons (Fsp3) is 0.802. The molecule has 10 heteroatoms. The fourth-order valence-electron chi connectivity index (χ4n) is 11.5. The summed E-state index contributed by atoms with van der Waals surface area (Å²) in [7, 11) is -4.40. The van der Waals surface area contributed by atoms with E-state index in [1.807, 2.05) is 0 Å². The monoisotopic (exact) mass is 1290 g/mol. The van der Waals surface area contributed by atoms with Crippen molar-refractivity contribution in [3.05, 3.63) is 85.1 Å². The molecule has 530 valence electrons. The molecule has 2 unspecified atom stereocenters. The molecule has 0 fully saturated rings. The average molecular weight is 1300 g/mol. The first-order valence-corrected chi connectivity index (χ1v) is 40.6. The van der Waals surface area contributed by atoms with E-state index in [4.69, 9.17) is 24.3 Å². The van der Waals surface area contributed by atoms with Crippen molar-refractivity contribution in [2.75, 3.05) is 26.4 Å². The molecule has 0 aromatic heterocycles. The van der Waals surface area contributed by atoms with Crippen LogP contribution in [0.1, 0.15) is 386 Å². The van der Waals surface area contributed by atoms with Gasteiger partial charge >= 0.3 is 19.8 Å². The molecule has 0 rings (SSSR count). The zero-order valence-electron chi connectivity index (χ0n) is 59.8. The van der Waals surface area contributed by atoms with Crippen molar-refractivity contribution in [1.82, 2.24) is 0 Å². The minimum absolute atomic E-state index is 0.0539. The number of allylic oxidation sites excluding steroid dienone is 14. The predicted octanol–water partition coefficient (Wildman–Crippen LogP) is 26.1. The summed E-state index contributed by atoms with van der Waals surface area (Å²) >= 11 is 0. The highest BCUT2D eigenvalue weighted by Crippen LogP contribution is 2.43. The Morgan fingerprint density at radius 1 is 0.341 bits per heavy atom. The first-order chi connectivity index (χ1) is 44.8. The summed E-state index contributed by atoms with van der Waals surface area (Å²) in [5, 5.41) is 0. The van der Waals surface area contributed by atoms with Gasteiger partial charge in [-0.25, -0.2) is 4.57 Å². The third-order valence-corrected chi connectivity index (χ3v) is 18.2. The maximum absolute atomic E-state index is 12.8. The Morgan fingerprint density at radius 3 is 0.901 bits per heavy atom. The van der Waals surface area contributed by atoms with E-state index < -0.39 is 26.5 Å². The number of hydrogen-bond acceptors (Lipinski definition) is 8. The molecule has 3 N–H and O–H groups in total. The van der Waals surface area contributed by atoms with Crippen molar-refractivity contribution in [1.29, 1.82) is 0 Å². The Bertz CT molecular complexity index is 1770. The molecule has 0 radical (unpaired) electrons. The first kappa shape index (κ1) is 88.2. The molecule has 0 aliphatic carbocycles. The van der Waals surface area contributed by atoms with E-state index in [9.17, 15) is 19.0 Å². The second-order valence-corrected chi connectivity index (χ2v) is 27.7. The Kier molecular flexibility index (Phi) is 73.9. The number of esters is 2. The molecule has 0 aliphatic rings. The van der Waals surface area contributed by atoms with Gasteiger partial charge in [-0.2, -0.15) is 0 Å². The lowest BCUT2D eigenvalue weighted by Gasteiger charge is -2.19. The SMILES string of the molecule is CC/C=C\C/C=C\C/C=C\C/C=C\CCCCCCCCCCCCCCCCCCCCCCC(=O)OC(COC(=O)CCCCCCCCCCCCCCCCCCCCCCCC/C=C\C/C=C\C/C=C\CCCCCCC)COP(=O)(O)OCCN. The zero-order chi connectivity index (χ0) is 65.8. The normalized spacial score (nSPS) is 13.3. The van der Waals surface area contributed by atoms with Gasteiger partial charge in [-0.05, 0) is 89.9 Å². The lowest BCUT2D eigenvalue weighted by molar-refractivity contribution is -0.161. The van der Waals surface area contributed by atoms with E-state index in [0.29, 0.717) is 6.42 Å². The molecule has 0 aliphatic heterocycles. The van der Waals surface area contributed by atoms with Crippen molar-refractivity contribution in [2.24, 2.45) is 5.73 Å². The van der Waals surface area contributed by atoms with Gasteiger partial charge in [-0.3, -0.25) is 18.6 Å². The quantitative estimate of drug-likeness (QED) is 0.0264. The van der Waals surface area contributed by atoms with Gasteiger partial charge in [-0.15, -0.1) is 0 Å². The highest BCUT2D eigenvalue weighted by molar-refractivity contribution is 7.47. The summed E-state index contributed by atoms with van der Waals surface area (Å²) in [6.45, 7) is 3.68. The summed E-state index contributed by atoms with van der Waals surface area (Å²) in [5.41, 5.74) is 5.41. The molecule has 2 atom stereocenters. The molecule has 0 aromatic carbocycles. The number of carbonyl (C=O) groups excluding carboxylic acids is 2. The summed E-state index contributed by atoms with van der Waals surface area (Å²) in [4.78, 5) is 35.5. The molecule has 0 heterocycles. The molecule has 0 aromatic rings. The number of ether oxygens (including phenoxy) is 2. The van der Waals surface area contributed by atoms with E-state index >= 15 is 0 Å². The van der Waals surface area contributed by atoms with Crippen LogP contribution >= 0.6 is 7.82 Å². The third kappa shape index (κ3) is 76.1. The highest BCUT2D eigenvalue weighted by atomic mass is 31.2. The van der Waals surface area contributed by atoms with Gasteiger partial charge in [-0.1, -0.05) is 369 Å². The third-order valence-electron chi connectivity index (χ3n) is 17.3. The number of phosphoric acid groups is 1. The average Bonchev–Trinajstić information content (AvgIpc) is 3.74. The van der Waals surface area contributed by atoms with Crippen LogP contribution in [0.15, 0.2) is 85.1 Å². The summed E-state index contributed by atoms with van der Waals surface area (Å²) in [5.74, 6) is -0.808. The lowest BCUT2D eigenvalue weighted by atomic mass is 10.0. The van der Waals surface area contributed by atoms with Crippen LogP contribution in [0.25, 0.3) is 0 Å². The number of hydrogen-bond donors (Lipinski definition) is 2. The summed E-state index contributed by atoms with van der Waals surface area (Å²) < 4.78 is 33.3. The van der Waals surface area contributed by atoms with Crippen LogP contribution in [-0.4, -0.2) is 49.3 Å². The van der Waals surface area contributed by atoms with E-state index in [1.54, 1.807) is 0 Å². The molecule has 0 bridgehead atoms. The van der Waals surface area contributed by atoms with Crippen LogP contribution in [0.4, 0.5) is 0 Å². The summed E-state index contributed by atoms with van der Waals surface area (Å²) in [6.07, 6.45) is 103. The van der Waals surface area contributed by atoms with Gasteiger partial charge in [0.05, 0.1) is 13.2 Å². The minimum Gasteiger partial charge on any atom is -0.462 e. The number of phosphoric ester groups is 1. The molecule has 9 nitrogen and oxygen atoms in total. The van der Waals surface area contributed by atoms with Gasteiger partial charge in [0.25, 0.3) is 0 Å². The lowest BCUT2D eigenvalue weighted by Crippen LogP contribution is -2.29. The number of nitrogens with two attached hydrogens (primary N) is 1. The van der Waals surface area contributed by atoms with Crippen molar-refractivity contribution in [2.45, 2.75) is 392 Å². The van der Waals surface area contributed by atoms with Crippen LogP contribution in [0.5, 0.6) is 0 Å². The highest BCUT2D eigenvalue weighted by Gasteiger charge is 2.26. The van der Waals surface area contributed by atoms with Gasteiger partial charge in [0.15, 0.2) is 6.10 Å². The van der Waals surface area contributed by atoms with Crippen LogP contribution in [0, 0.1) is 0 Å². The maximum atomic E-state index is 12.8. The Balaban J connectivity index is 3.78. The smallest absolute Gasteiger partial charge is 0.462 e. The second kappa shape index (κ2) is 76.2. The van der Waals surface area contributed by atoms with Gasteiger partial charge in [0, 0.05) is 19.4 Å². The van der Waals surface area contributed by atoms with Crippen molar-refractivity contribution in [3.63, 3.8) is 0 Å². The number of unbranched alkanes of at least 4 members (excludes halogenated alkanes) is 47. The first-order valence-electron chi connectivity index (χ1n) is 39.1. The van der Waals surface area contributed by atoms with E-state index in [-0.39, 0.29) is 38.6 Å². The van der Waals surface area contributed by atoms with E-state index in [1.165, 1.54) is 283 Å². The number of rotatable bonds is 74. The summed E-state index contributed by atoms with van der Waals surface area (Å²) in [6, 6.07) is 0. The van der Waals surface area contributed by atoms with Crippen molar-refractivity contribution >= 4 is 19.8 Å². The van der Waals surface area contributed by atoms with Gasteiger partial charge in [0.1, 0.15) is 6.61 Å². The molecule has 0 saturated heterocycles. The Hall–Kier alpha value is -2.81. The van der Waals surface area contributed by atoms with Gasteiger partial charge < -0.3 is 20.1 Å². The van der Waals surface area contributed by atoms with Crippen molar-refractivity contribution < 1.29 is 37.6 Å². The second-order valence-electron chi connectivity index (χ2n) is 26.2. The molecular weight excluding hydrogens is 1150 g/mol. The van der Waals surface area contributed by atoms with Gasteiger partial charge in [0.2, 0.25) is 0 Å². The predicted molar refractivity (Wildman–Crippen MR) is 395 cm³/mol. The topological polar surface area (TPSA) is 134 Å². The van der Waals surface area contributed by atoms with Crippen LogP contribution in [0.3, 0.4) is 0 Å². The Labute approximate surface area is 564 Å².